The third kappa shape index (κ3) is 3.18. The van der Waals surface area contributed by atoms with Gasteiger partial charge in [-0.15, -0.1) is 0 Å². The second kappa shape index (κ2) is 6.76. The molecule has 0 fully saturated rings. The van der Waals surface area contributed by atoms with Crippen LogP contribution in [-0.2, 0) is 11.3 Å². The van der Waals surface area contributed by atoms with E-state index in [1.807, 2.05) is 32.0 Å². The number of aromatic nitrogens is 6. The molecule has 0 unspecified atom stereocenters. The number of H-pyrrole nitrogens is 1. The fourth-order valence-electron chi connectivity index (χ4n) is 3.13. The fourth-order valence-corrected chi connectivity index (χ4v) is 3.13. The Hall–Kier alpha value is -3.75. The quantitative estimate of drug-likeness (QED) is 0.564. The predicted molar refractivity (Wildman–Crippen MR) is 104 cm³/mol. The third-order valence-electron chi connectivity index (χ3n) is 4.46. The molecule has 9 nitrogen and oxygen atoms in total. The van der Waals surface area contributed by atoms with Gasteiger partial charge in [0, 0.05) is 23.4 Å². The maximum absolute atomic E-state index is 12.8. The fraction of sp³-hybridized carbons (Fsp3) is 0.211. The van der Waals surface area contributed by atoms with E-state index in [9.17, 15) is 9.59 Å². The van der Waals surface area contributed by atoms with Crippen molar-refractivity contribution < 1.29 is 4.79 Å². The zero-order chi connectivity index (χ0) is 19.8. The zero-order valence-corrected chi connectivity index (χ0v) is 15.7. The number of amides is 1. The summed E-state index contributed by atoms with van der Waals surface area (Å²) in [7, 11) is 0. The van der Waals surface area contributed by atoms with E-state index in [0.29, 0.717) is 28.7 Å². The van der Waals surface area contributed by atoms with Crippen molar-refractivity contribution in [3.05, 3.63) is 64.0 Å². The van der Waals surface area contributed by atoms with Crippen LogP contribution in [0.25, 0.3) is 17.0 Å². The Kier molecular flexibility index (Phi) is 4.26. The molecule has 4 rings (SSSR count). The molecule has 142 valence electrons. The Morgan fingerprint density at radius 3 is 2.75 bits per heavy atom. The van der Waals surface area contributed by atoms with Crippen LogP contribution in [0.1, 0.15) is 17.1 Å². The van der Waals surface area contributed by atoms with Gasteiger partial charge in [0.2, 0.25) is 5.91 Å². The highest BCUT2D eigenvalue weighted by molar-refractivity contribution is 5.95. The number of aryl methyl sites for hydroxylation is 3. The van der Waals surface area contributed by atoms with Crippen LogP contribution in [-0.4, -0.2) is 35.3 Å². The normalized spacial score (nSPS) is 11.1. The summed E-state index contributed by atoms with van der Waals surface area (Å²) < 4.78 is 3.02. The average Bonchev–Trinajstić information content (AvgIpc) is 3.28. The number of hydrogen-bond donors (Lipinski definition) is 2. The maximum atomic E-state index is 12.8. The Bertz CT molecular complexity index is 1250. The van der Waals surface area contributed by atoms with Crippen molar-refractivity contribution in [3.63, 3.8) is 0 Å². The van der Waals surface area contributed by atoms with E-state index in [0.717, 1.165) is 11.1 Å². The number of carbonyl (C=O) groups excluding carboxylic acids is 1. The SMILES string of the molecule is Cc1ccc(-c2n[nH]c(C)n2)c(NC(=O)Cn2c(C)cc(=O)n3nccc23)c1. The van der Waals surface area contributed by atoms with Crippen LogP contribution in [0, 0.1) is 20.8 Å². The van der Waals surface area contributed by atoms with Gasteiger partial charge in [0.1, 0.15) is 18.0 Å². The van der Waals surface area contributed by atoms with Crippen LogP contribution < -0.4 is 10.9 Å². The molecule has 0 aliphatic rings. The molecule has 1 amide bonds. The van der Waals surface area contributed by atoms with Gasteiger partial charge in [0.15, 0.2) is 5.82 Å². The Morgan fingerprint density at radius 1 is 1.18 bits per heavy atom. The van der Waals surface area contributed by atoms with E-state index in [1.165, 1.54) is 16.8 Å². The molecule has 0 aliphatic carbocycles. The number of nitrogens with one attached hydrogen (secondary N) is 2. The molecule has 0 saturated carbocycles. The van der Waals surface area contributed by atoms with Gasteiger partial charge in [-0.05, 0) is 38.5 Å². The Morgan fingerprint density at radius 2 is 2.00 bits per heavy atom. The number of fused-ring (bicyclic) bond motifs is 1. The smallest absolute Gasteiger partial charge is 0.274 e. The molecule has 9 heteroatoms. The summed E-state index contributed by atoms with van der Waals surface area (Å²) in [5, 5.41) is 14.0. The first-order valence-electron chi connectivity index (χ1n) is 8.76. The molecule has 4 aromatic rings. The minimum Gasteiger partial charge on any atom is -0.324 e. The topological polar surface area (TPSA) is 110 Å². The Balaban J connectivity index is 1.66. The van der Waals surface area contributed by atoms with Gasteiger partial charge in [0.25, 0.3) is 5.56 Å². The van der Waals surface area contributed by atoms with Gasteiger partial charge in [0.05, 0.1) is 11.9 Å². The largest absolute Gasteiger partial charge is 0.324 e. The highest BCUT2D eigenvalue weighted by Crippen LogP contribution is 2.26. The van der Waals surface area contributed by atoms with Crippen molar-refractivity contribution in [1.82, 2.24) is 29.4 Å². The minimum atomic E-state index is -0.228. The maximum Gasteiger partial charge on any atom is 0.274 e. The first kappa shape index (κ1) is 17.7. The molecular formula is C19H19N7O2. The molecule has 1 aromatic carbocycles. The molecule has 0 saturated heterocycles. The van der Waals surface area contributed by atoms with Crippen molar-refractivity contribution in [3.8, 4) is 11.4 Å². The van der Waals surface area contributed by atoms with Crippen LogP contribution in [0.3, 0.4) is 0 Å². The molecule has 2 N–H and O–H groups in total. The van der Waals surface area contributed by atoms with Crippen molar-refractivity contribution >= 4 is 17.2 Å². The van der Waals surface area contributed by atoms with E-state index in [-0.39, 0.29) is 18.0 Å². The molecule has 3 aromatic heterocycles. The molecule has 0 bridgehead atoms. The third-order valence-corrected chi connectivity index (χ3v) is 4.46. The van der Waals surface area contributed by atoms with Crippen LogP contribution in [0.5, 0.6) is 0 Å². The number of nitrogens with zero attached hydrogens (tertiary/aromatic N) is 5. The zero-order valence-electron chi connectivity index (χ0n) is 15.7. The standard InChI is InChI=1S/C19H19N7O2/c1-11-4-5-14(19-21-13(3)23-24-19)15(8-11)22-16(27)10-25-12(2)9-18(28)26-17(25)6-7-20-26/h4-9H,10H2,1-3H3,(H,22,27)(H,21,23,24). The summed E-state index contributed by atoms with van der Waals surface area (Å²) in [5.41, 5.74) is 3.39. The second-order valence-electron chi connectivity index (χ2n) is 6.65. The lowest BCUT2D eigenvalue weighted by Crippen LogP contribution is -2.25. The van der Waals surface area contributed by atoms with Gasteiger partial charge in [-0.25, -0.2) is 4.98 Å². The highest BCUT2D eigenvalue weighted by Gasteiger charge is 2.15. The molecule has 0 spiro atoms. The van der Waals surface area contributed by atoms with Crippen molar-refractivity contribution in [1.29, 1.82) is 0 Å². The van der Waals surface area contributed by atoms with Gasteiger partial charge in [-0.2, -0.15) is 14.7 Å². The van der Waals surface area contributed by atoms with Crippen LogP contribution in [0.15, 0.2) is 41.3 Å². The van der Waals surface area contributed by atoms with Crippen LogP contribution in [0.2, 0.25) is 0 Å². The average molecular weight is 377 g/mol. The van der Waals surface area contributed by atoms with E-state index in [1.54, 1.807) is 17.6 Å². The molecule has 0 radical (unpaired) electrons. The van der Waals surface area contributed by atoms with Crippen molar-refractivity contribution in [2.75, 3.05) is 5.32 Å². The molecule has 28 heavy (non-hydrogen) atoms. The monoisotopic (exact) mass is 377 g/mol. The summed E-state index contributed by atoms with van der Waals surface area (Å²) in [4.78, 5) is 29.1. The lowest BCUT2D eigenvalue weighted by Gasteiger charge is -2.14. The van der Waals surface area contributed by atoms with E-state index < -0.39 is 0 Å². The van der Waals surface area contributed by atoms with Gasteiger partial charge < -0.3 is 9.88 Å². The first-order chi connectivity index (χ1) is 13.4. The minimum absolute atomic E-state index is 0.0434. The summed E-state index contributed by atoms with van der Waals surface area (Å²) in [6.07, 6.45) is 1.54. The van der Waals surface area contributed by atoms with E-state index in [4.69, 9.17) is 0 Å². The molecule has 0 aliphatic heterocycles. The van der Waals surface area contributed by atoms with Crippen molar-refractivity contribution in [2.45, 2.75) is 27.3 Å². The molecular weight excluding hydrogens is 358 g/mol. The molecule has 3 heterocycles. The van der Waals surface area contributed by atoms with Gasteiger partial charge >= 0.3 is 0 Å². The number of carbonyl (C=O) groups is 1. The summed E-state index contributed by atoms with van der Waals surface area (Å²) in [6, 6.07) is 8.87. The Labute approximate surface area is 160 Å². The van der Waals surface area contributed by atoms with Crippen LogP contribution in [0.4, 0.5) is 5.69 Å². The highest BCUT2D eigenvalue weighted by atomic mass is 16.2. The number of benzene rings is 1. The lowest BCUT2D eigenvalue weighted by atomic mass is 10.1. The first-order valence-corrected chi connectivity index (χ1v) is 8.76. The van der Waals surface area contributed by atoms with E-state index in [2.05, 4.69) is 25.6 Å². The van der Waals surface area contributed by atoms with E-state index >= 15 is 0 Å². The van der Waals surface area contributed by atoms with Gasteiger partial charge in [-0.3, -0.25) is 14.7 Å². The predicted octanol–water partition coefficient (Wildman–Crippen LogP) is 1.85. The van der Waals surface area contributed by atoms with Crippen LogP contribution >= 0.6 is 0 Å². The number of anilines is 1. The summed E-state index contributed by atoms with van der Waals surface area (Å²) in [6.45, 7) is 5.60. The molecule has 0 atom stereocenters. The van der Waals surface area contributed by atoms with Crippen molar-refractivity contribution in [2.24, 2.45) is 0 Å². The number of hydrogen-bond acceptors (Lipinski definition) is 5. The lowest BCUT2D eigenvalue weighted by molar-refractivity contribution is -0.116. The summed E-state index contributed by atoms with van der Waals surface area (Å²) >= 11 is 0. The number of aromatic amines is 1. The summed E-state index contributed by atoms with van der Waals surface area (Å²) in [5.74, 6) is 0.985. The number of rotatable bonds is 4. The second-order valence-corrected chi connectivity index (χ2v) is 6.65. The van der Waals surface area contributed by atoms with Gasteiger partial charge in [-0.1, -0.05) is 6.07 Å².